The summed E-state index contributed by atoms with van der Waals surface area (Å²) in [7, 11) is 0. The van der Waals surface area contributed by atoms with Crippen LogP contribution in [-0.4, -0.2) is 47.3 Å². The third kappa shape index (κ3) is 4.87. The fraction of sp³-hybridized carbons (Fsp3) is 0.308. The van der Waals surface area contributed by atoms with Crippen LogP contribution in [-0.2, 0) is 4.79 Å². The van der Waals surface area contributed by atoms with Crippen LogP contribution in [0.4, 0.5) is 0 Å². The van der Waals surface area contributed by atoms with Crippen LogP contribution < -0.4 is 0 Å². The van der Waals surface area contributed by atoms with Crippen molar-refractivity contribution in [3.05, 3.63) is 40.9 Å². The molecule has 0 fully saturated rings. The van der Waals surface area contributed by atoms with Gasteiger partial charge in [-0.3, -0.25) is 4.79 Å². The Bertz CT molecular complexity index is 397. The summed E-state index contributed by atoms with van der Waals surface area (Å²) in [5.41, 5.74) is 0.862. The number of nitrogens with zero attached hydrogens (tertiary/aromatic N) is 1. The van der Waals surface area contributed by atoms with Crippen LogP contribution in [0.3, 0.4) is 0 Å². The average molecular weight is 270 g/mol. The first-order valence-corrected chi connectivity index (χ1v) is 5.99. The quantitative estimate of drug-likeness (QED) is 0.762. The van der Waals surface area contributed by atoms with E-state index in [2.05, 4.69) is 0 Å². The van der Waals surface area contributed by atoms with E-state index in [0.717, 1.165) is 5.56 Å². The molecule has 0 unspecified atom stereocenters. The fourth-order valence-corrected chi connectivity index (χ4v) is 1.55. The summed E-state index contributed by atoms with van der Waals surface area (Å²) in [6.07, 6.45) is 3.08. The van der Waals surface area contributed by atoms with E-state index < -0.39 is 0 Å². The molecule has 0 aliphatic rings. The Morgan fingerprint density at radius 1 is 1.17 bits per heavy atom. The van der Waals surface area contributed by atoms with Gasteiger partial charge in [0.25, 0.3) is 0 Å². The van der Waals surface area contributed by atoms with Gasteiger partial charge in [0.1, 0.15) is 0 Å². The Labute approximate surface area is 111 Å². The first kappa shape index (κ1) is 14.7. The van der Waals surface area contributed by atoms with Gasteiger partial charge in [-0.25, -0.2) is 0 Å². The van der Waals surface area contributed by atoms with Crippen LogP contribution in [0.15, 0.2) is 30.3 Å². The van der Waals surface area contributed by atoms with E-state index in [9.17, 15) is 4.79 Å². The molecule has 1 amide bonds. The number of carbonyl (C=O) groups excluding carboxylic acids is 1. The summed E-state index contributed by atoms with van der Waals surface area (Å²) in [5.74, 6) is -0.243. The van der Waals surface area contributed by atoms with Gasteiger partial charge < -0.3 is 15.1 Å². The summed E-state index contributed by atoms with van der Waals surface area (Å²) < 4.78 is 0. The molecule has 0 heterocycles. The van der Waals surface area contributed by atoms with Crippen LogP contribution in [0, 0.1) is 0 Å². The third-order valence-corrected chi connectivity index (χ3v) is 2.59. The van der Waals surface area contributed by atoms with E-state index in [1.807, 2.05) is 0 Å². The van der Waals surface area contributed by atoms with Gasteiger partial charge in [0.2, 0.25) is 5.91 Å². The van der Waals surface area contributed by atoms with Crippen molar-refractivity contribution in [3.8, 4) is 0 Å². The molecule has 0 aromatic heterocycles. The Hall–Kier alpha value is -1.36. The SMILES string of the molecule is O=C(C=Cc1ccc(Cl)cc1)N(CCO)CCO. The highest BCUT2D eigenvalue weighted by Gasteiger charge is 2.08. The lowest BCUT2D eigenvalue weighted by Crippen LogP contribution is -2.34. The number of aliphatic hydroxyl groups excluding tert-OH is 2. The van der Waals surface area contributed by atoms with E-state index in [0.29, 0.717) is 5.02 Å². The molecule has 98 valence electrons. The number of hydrogen-bond donors (Lipinski definition) is 2. The second kappa shape index (κ2) is 7.87. The van der Waals surface area contributed by atoms with Crippen LogP contribution in [0.25, 0.3) is 6.08 Å². The van der Waals surface area contributed by atoms with Crippen molar-refractivity contribution in [2.24, 2.45) is 0 Å². The minimum atomic E-state index is -0.243. The lowest BCUT2D eigenvalue weighted by atomic mass is 10.2. The number of carbonyl (C=O) groups is 1. The summed E-state index contributed by atoms with van der Waals surface area (Å²) in [6, 6.07) is 7.08. The minimum Gasteiger partial charge on any atom is -0.395 e. The van der Waals surface area contributed by atoms with Gasteiger partial charge in [-0.2, -0.15) is 0 Å². The molecule has 1 aromatic rings. The van der Waals surface area contributed by atoms with E-state index in [-0.39, 0.29) is 32.2 Å². The van der Waals surface area contributed by atoms with Gasteiger partial charge in [0.15, 0.2) is 0 Å². The molecule has 0 aliphatic heterocycles. The summed E-state index contributed by atoms with van der Waals surface area (Å²) >= 11 is 5.75. The molecule has 1 rings (SSSR count). The first-order chi connectivity index (χ1) is 8.67. The van der Waals surface area contributed by atoms with Crippen molar-refractivity contribution < 1.29 is 15.0 Å². The molecule has 4 nitrogen and oxygen atoms in total. The Kier molecular flexibility index (Phi) is 6.43. The van der Waals surface area contributed by atoms with Gasteiger partial charge >= 0.3 is 0 Å². The largest absolute Gasteiger partial charge is 0.395 e. The zero-order valence-electron chi connectivity index (χ0n) is 9.92. The maximum Gasteiger partial charge on any atom is 0.246 e. The molecule has 1 aromatic carbocycles. The van der Waals surface area contributed by atoms with Gasteiger partial charge in [-0.1, -0.05) is 23.7 Å². The summed E-state index contributed by atoms with van der Waals surface area (Å²) in [5, 5.41) is 18.3. The molecule has 0 spiro atoms. The topological polar surface area (TPSA) is 60.8 Å². The Morgan fingerprint density at radius 3 is 2.22 bits per heavy atom. The number of benzene rings is 1. The van der Waals surface area contributed by atoms with Crippen LogP contribution in [0.5, 0.6) is 0 Å². The lowest BCUT2D eigenvalue weighted by Gasteiger charge is -2.18. The van der Waals surface area contributed by atoms with Crippen LogP contribution in [0.2, 0.25) is 5.02 Å². The number of rotatable bonds is 6. The van der Waals surface area contributed by atoms with Gasteiger partial charge in [-0.05, 0) is 23.8 Å². The average Bonchev–Trinajstić information content (AvgIpc) is 2.37. The zero-order chi connectivity index (χ0) is 13.4. The van der Waals surface area contributed by atoms with Gasteiger partial charge in [0, 0.05) is 24.2 Å². The highest BCUT2D eigenvalue weighted by Crippen LogP contribution is 2.10. The van der Waals surface area contributed by atoms with Crippen molar-refractivity contribution in [2.75, 3.05) is 26.3 Å². The molecule has 0 bridgehead atoms. The maximum atomic E-state index is 11.8. The van der Waals surface area contributed by atoms with Crippen LogP contribution >= 0.6 is 11.6 Å². The van der Waals surface area contributed by atoms with E-state index in [4.69, 9.17) is 21.8 Å². The van der Waals surface area contributed by atoms with Crippen molar-refractivity contribution in [1.82, 2.24) is 4.90 Å². The Balaban J connectivity index is 2.63. The molecule has 5 heteroatoms. The predicted octanol–water partition coefficient (Wildman–Crippen LogP) is 1.17. The van der Waals surface area contributed by atoms with Crippen LogP contribution in [0.1, 0.15) is 5.56 Å². The fourth-order valence-electron chi connectivity index (χ4n) is 1.42. The van der Waals surface area contributed by atoms with E-state index in [1.165, 1.54) is 11.0 Å². The second-order valence-electron chi connectivity index (χ2n) is 3.66. The normalized spacial score (nSPS) is 10.8. The van der Waals surface area contributed by atoms with Gasteiger partial charge in [0.05, 0.1) is 13.2 Å². The second-order valence-corrected chi connectivity index (χ2v) is 4.09. The predicted molar refractivity (Wildman–Crippen MR) is 71.2 cm³/mol. The highest BCUT2D eigenvalue weighted by molar-refractivity contribution is 6.30. The van der Waals surface area contributed by atoms with Crippen molar-refractivity contribution in [1.29, 1.82) is 0 Å². The summed E-state index contributed by atoms with van der Waals surface area (Å²) in [6.45, 7) is 0.176. The summed E-state index contributed by atoms with van der Waals surface area (Å²) in [4.78, 5) is 13.1. The molecule has 0 radical (unpaired) electrons. The minimum absolute atomic E-state index is 0.124. The smallest absolute Gasteiger partial charge is 0.246 e. The van der Waals surface area contributed by atoms with Crippen molar-refractivity contribution in [3.63, 3.8) is 0 Å². The highest BCUT2D eigenvalue weighted by atomic mass is 35.5. The van der Waals surface area contributed by atoms with Crippen molar-refractivity contribution >= 4 is 23.6 Å². The molecular weight excluding hydrogens is 254 g/mol. The number of amides is 1. The van der Waals surface area contributed by atoms with E-state index in [1.54, 1.807) is 30.3 Å². The Morgan fingerprint density at radius 2 is 1.72 bits per heavy atom. The number of hydrogen-bond acceptors (Lipinski definition) is 3. The third-order valence-electron chi connectivity index (χ3n) is 2.34. The molecule has 2 N–H and O–H groups in total. The molecule has 18 heavy (non-hydrogen) atoms. The van der Waals surface area contributed by atoms with Crippen molar-refractivity contribution in [2.45, 2.75) is 0 Å². The monoisotopic (exact) mass is 269 g/mol. The first-order valence-electron chi connectivity index (χ1n) is 5.61. The number of halogens is 1. The molecule has 0 aliphatic carbocycles. The van der Waals surface area contributed by atoms with E-state index >= 15 is 0 Å². The molecule has 0 atom stereocenters. The lowest BCUT2D eigenvalue weighted by molar-refractivity contribution is -0.126. The molecule has 0 saturated heterocycles. The number of aliphatic hydroxyl groups is 2. The zero-order valence-corrected chi connectivity index (χ0v) is 10.7. The molecule has 0 saturated carbocycles. The van der Waals surface area contributed by atoms with Gasteiger partial charge in [-0.15, -0.1) is 0 Å². The molecular formula is C13H16ClNO3. The standard InChI is InChI=1S/C13H16ClNO3/c14-12-4-1-11(2-5-12)3-6-13(18)15(7-9-16)8-10-17/h1-6,16-17H,7-10H2. The maximum absolute atomic E-state index is 11.8.